The Labute approximate surface area is 205 Å². The maximum atomic E-state index is 13.2. The van der Waals surface area contributed by atoms with Gasteiger partial charge < -0.3 is 20.8 Å². The third-order valence-electron chi connectivity index (χ3n) is 4.90. The topological polar surface area (TPSA) is 161 Å². The Kier molecular flexibility index (Phi) is 11.5. The fourth-order valence-electron chi connectivity index (χ4n) is 2.74. The summed E-state index contributed by atoms with van der Waals surface area (Å²) < 4.78 is 13.2. The zero-order valence-electron chi connectivity index (χ0n) is 18.8. The molecule has 0 aliphatic heterocycles. The number of carbonyl (C=O) groups excluding carboxylic acids is 2. The number of unbranched alkanes of at least 4 members (excludes halogenated alkanes) is 2. The normalized spacial score (nSPS) is 12.2. The van der Waals surface area contributed by atoms with Crippen LogP contribution in [0.3, 0.4) is 0 Å². The van der Waals surface area contributed by atoms with Gasteiger partial charge in [-0.2, -0.15) is 5.11 Å². The van der Waals surface area contributed by atoms with E-state index in [1.54, 1.807) is 12.1 Å². The summed E-state index contributed by atoms with van der Waals surface area (Å²) in [6.45, 7) is 0.423. The summed E-state index contributed by atoms with van der Waals surface area (Å²) in [5.41, 5.74) is 5.72. The summed E-state index contributed by atoms with van der Waals surface area (Å²) in [7, 11) is 0. The summed E-state index contributed by atoms with van der Waals surface area (Å²) in [6, 6.07) is 5.88. The largest absolute Gasteiger partial charge is 0.395 e. The van der Waals surface area contributed by atoms with Crippen molar-refractivity contribution in [1.29, 1.82) is 5.53 Å². The second-order valence-corrected chi connectivity index (χ2v) is 10.1. The number of benzene rings is 1. The van der Waals surface area contributed by atoms with Crippen LogP contribution in [0.1, 0.15) is 36.8 Å². The number of hydrogen-bond acceptors (Lipinski definition) is 10. The highest BCUT2D eigenvalue weighted by molar-refractivity contribution is 7.99. The highest BCUT2D eigenvalue weighted by atomic mass is 32.2. The van der Waals surface area contributed by atoms with Gasteiger partial charge in [0.15, 0.2) is 5.50 Å². The smallest absolute Gasteiger partial charge is 0.232 e. The molecule has 0 aliphatic rings. The number of nitrogens with one attached hydrogen (secondary N) is 3. The second-order valence-electron chi connectivity index (χ2n) is 7.87. The van der Waals surface area contributed by atoms with Crippen LogP contribution in [0.4, 0.5) is 9.52 Å². The second kappa shape index (κ2) is 14.0. The van der Waals surface area contributed by atoms with Crippen molar-refractivity contribution in [3.8, 4) is 0 Å². The molecule has 1 heterocycles. The van der Waals surface area contributed by atoms with E-state index in [2.05, 4.69) is 25.9 Å². The zero-order chi connectivity index (χ0) is 25.0. The lowest BCUT2D eigenvalue weighted by atomic mass is 9.92. The summed E-state index contributed by atoms with van der Waals surface area (Å²) in [6.07, 6.45) is 3.33. The summed E-state index contributed by atoms with van der Waals surface area (Å²) >= 11 is 2.60. The highest BCUT2D eigenvalue weighted by Gasteiger charge is 2.33. The minimum absolute atomic E-state index is 0.0512. The van der Waals surface area contributed by atoms with Crippen LogP contribution in [0.2, 0.25) is 0 Å². The molecule has 0 radical (unpaired) electrons. The molecule has 0 saturated carbocycles. The Hall–Kier alpha value is -2.48. The fraction of sp³-hybridized carbons (Fsp3) is 0.524. The quantitative estimate of drug-likeness (QED) is 0.139. The molecule has 0 aliphatic carbocycles. The van der Waals surface area contributed by atoms with E-state index >= 15 is 0 Å². The van der Waals surface area contributed by atoms with E-state index in [0.29, 0.717) is 22.9 Å². The SMILES string of the molecule is CC(CO)(CO)C(=O)NC(N=N)SCCCCCc1nnc(NC(=O)Cc2cccc(F)c2)s1. The lowest BCUT2D eigenvalue weighted by Crippen LogP contribution is -2.46. The predicted molar refractivity (Wildman–Crippen MR) is 128 cm³/mol. The number of halogens is 1. The van der Waals surface area contributed by atoms with Crippen molar-refractivity contribution < 1.29 is 24.2 Å². The molecule has 10 nitrogen and oxygen atoms in total. The third kappa shape index (κ3) is 9.05. The van der Waals surface area contributed by atoms with Crippen LogP contribution in [0, 0.1) is 16.8 Å². The van der Waals surface area contributed by atoms with Crippen LogP contribution >= 0.6 is 23.1 Å². The summed E-state index contributed by atoms with van der Waals surface area (Å²) in [4.78, 5) is 24.2. The first-order valence-electron chi connectivity index (χ1n) is 10.7. The molecular weight excluding hydrogens is 483 g/mol. The van der Waals surface area contributed by atoms with Gasteiger partial charge in [-0.1, -0.05) is 29.9 Å². The van der Waals surface area contributed by atoms with Crippen molar-refractivity contribution in [3.05, 3.63) is 40.7 Å². The molecule has 1 atom stereocenters. The molecule has 0 fully saturated rings. The number of aliphatic hydroxyl groups excluding tert-OH is 2. The van der Waals surface area contributed by atoms with Gasteiger partial charge in [0.05, 0.1) is 25.0 Å². The average molecular weight is 513 g/mol. The van der Waals surface area contributed by atoms with Gasteiger partial charge in [-0.05, 0) is 43.2 Å². The molecule has 5 N–H and O–H groups in total. The van der Waals surface area contributed by atoms with Gasteiger partial charge >= 0.3 is 0 Å². The number of thioether (sulfide) groups is 1. The van der Waals surface area contributed by atoms with E-state index in [0.717, 1.165) is 24.3 Å². The van der Waals surface area contributed by atoms with Crippen molar-refractivity contribution in [2.45, 2.75) is 44.5 Å². The van der Waals surface area contributed by atoms with Crippen LogP contribution < -0.4 is 10.6 Å². The molecule has 1 unspecified atom stereocenters. The van der Waals surface area contributed by atoms with Crippen molar-refractivity contribution in [3.63, 3.8) is 0 Å². The highest BCUT2D eigenvalue weighted by Crippen LogP contribution is 2.20. The summed E-state index contributed by atoms with van der Waals surface area (Å²) in [5, 5.41) is 36.4. The summed E-state index contributed by atoms with van der Waals surface area (Å²) in [5.74, 6) is -0.561. The zero-order valence-corrected chi connectivity index (χ0v) is 20.4. The number of nitrogens with zero attached hydrogens (tertiary/aromatic N) is 3. The molecule has 2 rings (SSSR count). The predicted octanol–water partition coefficient (Wildman–Crippen LogP) is 2.73. The monoisotopic (exact) mass is 512 g/mol. The fourth-order valence-corrected chi connectivity index (χ4v) is 4.40. The van der Waals surface area contributed by atoms with Crippen LogP contribution in [-0.4, -0.2) is 56.7 Å². The number of amides is 2. The van der Waals surface area contributed by atoms with Gasteiger partial charge in [-0.3, -0.25) is 9.59 Å². The van der Waals surface area contributed by atoms with Crippen molar-refractivity contribution in [2.75, 3.05) is 24.3 Å². The van der Waals surface area contributed by atoms with E-state index < -0.39 is 30.0 Å². The van der Waals surface area contributed by atoms with Gasteiger partial charge in [0.1, 0.15) is 10.8 Å². The van der Waals surface area contributed by atoms with E-state index in [-0.39, 0.29) is 18.1 Å². The standard InChI is InChI=1S/C21H29FN6O4S2/c1-21(12-29,13-30)18(32)25-19(26-23)33-9-4-2-3-8-17-27-28-20(34-17)24-16(31)11-14-6-5-7-15(22)10-14/h5-7,10,19,23,29-30H,2-4,8-9,11-13H2,1H3,(H,25,32)(H,24,28,31). The van der Waals surface area contributed by atoms with Gasteiger partial charge in [0.25, 0.3) is 0 Å². The first kappa shape index (κ1) is 27.8. The molecular formula is C21H29FN6O4S2. The average Bonchev–Trinajstić information content (AvgIpc) is 3.26. The Balaban J connectivity index is 1.64. The molecule has 2 amide bonds. The van der Waals surface area contributed by atoms with Crippen molar-refractivity contribution in [2.24, 2.45) is 10.5 Å². The Morgan fingerprint density at radius 2 is 2.03 bits per heavy atom. The number of hydrogen-bond donors (Lipinski definition) is 5. The van der Waals surface area contributed by atoms with Gasteiger partial charge in [0.2, 0.25) is 16.9 Å². The number of aromatic nitrogens is 2. The molecule has 0 saturated heterocycles. The van der Waals surface area contributed by atoms with E-state index in [1.807, 2.05) is 0 Å². The Morgan fingerprint density at radius 3 is 2.71 bits per heavy atom. The molecule has 13 heteroatoms. The molecule has 1 aromatic carbocycles. The lowest BCUT2D eigenvalue weighted by molar-refractivity contribution is -0.135. The third-order valence-corrected chi connectivity index (χ3v) is 6.86. The van der Waals surface area contributed by atoms with Gasteiger partial charge in [-0.15, -0.1) is 22.0 Å². The first-order valence-corrected chi connectivity index (χ1v) is 12.5. The van der Waals surface area contributed by atoms with Crippen molar-refractivity contribution >= 4 is 40.0 Å². The maximum absolute atomic E-state index is 13.2. The maximum Gasteiger partial charge on any atom is 0.232 e. The number of aliphatic hydroxyl groups is 2. The van der Waals surface area contributed by atoms with E-state index in [9.17, 15) is 24.2 Å². The van der Waals surface area contributed by atoms with Gasteiger partial charge in [-0.25, -0.2) is 9.92 Å². The molecule has 0 bridgehead atoms. The van der Waals surface area contributed by atoms with Crippen LogP contribution in [0.15, 0.2) is 29.4 Å². The number of rotatable bonds is 15. The minimum Gasteiger partial charge on any atom is -0.395 e. The number of anilines is 1. The molecule has 0 spiro atoms. The lowest BCUT2D eigenvalue weighted by Gasteiger charge is -2.25. The van der Waals surface area contributed by atoms with Crippen LogP contribution in [0.25, 0.3) is 0 Å². The number of aryl methyl sites for hydroxylation is 1. The van der Waals surface area contributed by atoms with Crippen molar-refractivity contribution in [1.82, 2.24) is 15.5 Å². The van der Waals surface area contributed by atoms with Gasteiger partial charge in [0, 0.05) is 6.42 Å². The van der Waals surface area contributed by atoms with Crippen LogP contribution in [-0.2, 0) is 22.4 Å². The molecule has 2 aromatic rings. The minimum atomic E-state index is -1.32. The Bertz CT molecular complexity index is 957. The van der Waals surface area contributed by atoms with E-state index in [1.165, 1.54) is 42.2 Å². The Morgan fingerprint density at radius 1 is 1.26 bits per heavy atom. The first-order chi connectivity index (χ1) is 16.3. The molecule has 1 aromatic heterocycles. The van der Waals surface area contributed by atoms with E-state index in [4.69, 9.17) is 5.53 Å². The molecule has 34 heavy (non-hydrogen) atoms. The number of carbonyl (C=O) groups is 2. The molecule has 186 valence electrons. The van der Waals surface area contributed by atoms with Crippen LogP contribution in [0.5, 0.6) is 0 Å².